The van der Waals surface area contributed by atoms with Crippen molar-refractivity contribution in [2.24, 2.45) is 0 Å². The predicted molar refractivity (Wildman–Crippen MR) is 110 cm³/mol. The Labute approximate surface area is 184 Å². The van der Waals surface area contributed by atoms with Gasteiger partial charge in [-0.3, -0.25) is 29.5 Å². The number of nitro benzene ring substituents is 1. The Bertz CT molecular complexity index is 1040. The van der Waals surface area contributed by atoms with Crippen LogP contribution in [0.1, 0.15) is 25.7 Å². The van der Waals surface area contributed by atoms with E-state index in [0.717, 1.165) is 34.8 Å². The molecule has 12 nitrogen and oxygen atoms in total. The zero-order chi connectivity index (χ0) is 23.0. The molecule has 172 valence electrons. The van der Waals surface area contributed by atoms with Crippen LogP contribution >= 0.6 is 0 Å². The van der Waals surface area contributed by atoms with Crippen LogP contribution in [0.15, 0.2) is 29.2 Å². The van der Waals surface area contributed by atoms with Crippen molar-refractivity contribution in [1.29, 1.82) is 0 Å². The maximum absolute atomic E-state index is 12.8. The molecule has 13 heteroatoms. The largest absolute Gasteiger partial charge is 0.335 e. The number of imide groups is 2. The van der Waals surface area contributed by atoms with Crippen molar-refractivity contribution in [2.75, 3.05) is 32.8 Å². The molecule has 2 saturated heterocycles. The minimum atomic E-state index is -3.83. The number of hydrogen-bond acceptors (Lipinski definition) is 8. The summed E-state index contributed by atoms with van der Waals surface area (Å²) in [7, 11) is -3.83. The predicted octanol–water partition coefficient (Wildman–Crippen LogP) is 0.592. The molecule has 0 N–H and O–H groups in total. The number of non-ortho nitro benzene ring substituents is 1. The van der Waals surface area contributed by atoms with Gasteiger partial charge in [-0.2, -0.15) is 4.31 Å². The van der Waals surface area contributed by atoms with E-state index < -0.39 is 32.8 Å². The van der Waals surface area contributed by atoms with Crippen molar-refractivity contribution in [1.82, 2.24) is 19.0 Å². The monoisotopic (exact) mass is 465 g/mol. The number of hydrogen-bond donors (Lipinski definition) is 0. The summed E-state index contributed by atoms with van der Waals surface area (Å²) >= 11 is 0. The van der Waals surface area contributed by atoms with Gasteiger partial charge in [0.2, 0.25) is 10.0 Å². The summed E-state index contributed by atoms with van der Waals surface area (Å²) in [5, 5.41) is 10.8. The zero-order valence-corrected chi connectivity index (χ0v) is 18.1. The molecule has 2 heterocycles. The van der Waals surface area contributed by atoms with Crippen LogP contribution in [0.5, 0.6) is 0 Å². The smallest absolute Gasteiger partial charge is 0.283 e. The number of nitro groups is 1. The Morgan fingerprint density at radius 3 is 2.09 bits per heavy atom. The summed E-state index contributed by atoms with van der Waals surface area (Å²) < 4.78 is 26.9. The lowest BCUT2D eigenvalue weighted by atomic mass is 10.2. The van der Waals surface area contributed by atoms with E-state index >= 15 is 0 Å². The van der Waals surface area contributed by atoms with Gasteiger partial charge in [0.05, 0.1) is 16.5 Å². The third-order valence-corrected chi connectivity index (χ3v) is 8.04. The van der Waals surface area contributed by atoms with E-state index in [-0.39, 0.29) is 49.5 Å². The summed E-state index contributed by atoms with van der Waals surface area (Å²) in [6, 6.07) is 3.84. The van der Waals surface area contributed by atoms with Gasteiger partial charge in [0.1, 0.15) is 0 Å². The van der Waals surface area contributed by atoms with Gasteiger partial charge in [-0.15, -0.1) is 0 Å². The molecule has 0 spiro atoms. The third-order valence-electron chi connectivity index (χ3n) is 6.13. The molecule has 2 aliphatic heterocycles. The van der Waals surface area contributed by atoms with E-state index in [2.05, 4.69) is 0 Å². The van der Waals surface area contributed by atoms with Crippen LogP contribution in [0.4, 0.5) is 10.5 Å². The third kappa shape index (κ3) is 3.98. The Kier molecular flexibility index (Phi) is 5.97. The average molecular weight is 465 g/mol. The standard InChI is InChI=1S/C19H23N5O7S/c25-17-18(26)23(14-3-1-2-4-14)19(27)22(17)13-20-9-11-21(12-10-20)32(30,31)16-7-5-15(6-8-16)24(28)29/h5-8,14H,1-4,9-13H2. The van der Waals surface area contributed by atoms with Crippen molar-refractivity contribution in [3.05, 3.63) is 34.4 Å². The number of benzene rings is 1. The van der Waals surface area contributed by atoms with E-state index in [1.54, 1.807) is 4.90 Å². The highest BCUT2D eigenvalue weighted by Crippen LogP contribution is 2.28. The number of nitrogens with zero attached hydrogens (tertiary/aromatic N) is 5. The van der Waals surface area contributed by atoms with Crippen LogP contribution in [0, 0.1) is 10.1 Å². The van der Waals surface area contributed by atoms with Gasteiger partial charge in [-0.25, -0.2) is 18.1 Å². The molecule has 4 rings (SSSR count). The minimum Gasteiger partial charge on any atom is -0.283 e. The quantitative estimate of drug-likeness (QED) is 0.257. The first-order valence-corrected chi connectivity index (χ1v) is 11.8. The molecule has 4 amide bonds. The van der Waals surface area contributed by atoms with Crippen LogP contribution in [0.2, 0.25) is 0 Å². The van der Waals surface area contributed by atoms with Crippen molar-refractivity contribution < 1.29 is 27.7 Å². The molecule has 0 radical (unpaired) electrons. The van der Waals surface area contributed by atoms with E-state index in [9.17, 15) is 32.9 Å². The highest BCUT2D eigenvalue weighted by Gasteiger charge is 2.48. The van der Waals surface area contributed by atoms with Crippen LogP contribution in [0.25, 0.3) is 0 Å². The number of urea groups is 1. The molecule has 3 aliphatic rings. The second-order valence-corrected chi connectivity index (χ2v) is 9.98. The first kappa shape index (κ1) is 22.3. The van der Waals surface area contributed by atoms with Crippen LogP contribution < -0.4 is 0 Å². The fraction of sp³-hybridized carbons (Fsp3) is 0.526. The van der Waals surface area contributed by atoms with Gasteiger partial charge in [-0.05, 0) is 25.0 Å². The summed E-state index contributed by atoms with van der Waals surface area (Å²) in [5.41, 5.74) is -0.199. The van der Waals surface area contributed by atoms with Crippen LogP contribution in [0.3, 0.4) is 0 Å². The lowest BCUT2D eigenvalue weighted by Crippen LogP contribution is -2.52. The molecular formula is C19H23N5O7S. The molecule has 0 atom stereocenters. The Hall–Kier alpha value is -2.90. The van der Waals surface area contributed by atoms with Crippen LogP contribution in [-0.4, -0.2) is 89.1 Å². The number of carbonyl (C=O) groups excluding carboxylic acids is 3. The molecule has 1 aromatic rings. The topological polar surface area (TPSA) is 141 Å². The van der Waals surface area contributed by atoms with Crippen molar-refractivity contribution in [3.8, 4) is 0 Å². The van der Waals surface area contributed by atoms with Gasteiger partial charge in [0, 0.05) is 44.4 Å². The normalized spacial score (nSPS) is 21.7. The molecule has 3 fully saturated rings. The molecule has 1 aromatic carbocycles. The first-order valence-electron chi connectivity index (χ1n) is 10.4. The SMILES string of the molecule is O=C1C(=O)N(C2CCCC2)C(=O)N1CN1CCN(S(=O)(=O)c2ccc([N+](=O)[O-])cc2)CC1. The Balaban J connectivity index is 1.37. The molecule has 32 heavy (non-hydrogen) atoms. The molecule has 1 saturated carbocycles. The second-order valence-electron chi connectivity index (χ2n) is 8.04. The summed E-state index contributed by atoms with van der Waals surface area (Å²) in [4.78, 5) is 51.3. The first-order chi connectivity index (χ1) is 15.2. The molecule has 0 unspecified atom stereocenters. The van der Waals surface area contributed by atoms with Crippen molar-refractivity contribution >= 4 is 33.6 Å². The van der Waals surface area contributed by atoms with Crippen LogP contribution in [-0.2, 0) is 19.6 Å². The number of sulfonamides is 1. The summed E-state index contributed by atoms with van der Waals surface area (Å²) in [6.45, 7) is 0.700. The number of amides is 4. The van der Waals surface area contributed by atoms with E-state index in [4.69, 9.17) is 0 Å². The zero-order valence-electron chi connectivity index (χ0n) is 17.3. The lowest BCUT2D eigenvalue weighted by molar-refractivity contribution is -0.384. The number of rotatable bonds is 6. The van der Waals surface area contributed by atoms with Gasteiger partial charge in [-0.1, -0.05) is 12.8 Å². The molecular weight excluding hydrogens is 442 g/mol. The van der Waals surface area contributed by atoms with Crippen molar-refractivity contribution in [3.63, 3.8) is 0 Å². The maximum Gasteiger partial charge on any atom is 0.335 e. The van der Waals surface area contributed by atoms with E-state index in [1.807, 2.05) is 0 Å². The second kappa shape index (κ2) is 8.56. The number of piperazine rings is 1. The summed E-state index contributed by atoms with van der Waals surface area (Å²) in [6.07, 6.45) is 3.25. The minimum absolute atomic E-state index is 0.0424. The van der Waals surface area contributed by atoms with Gasteiger partial charge < -0.3 is 0 Å². The lowest BCUT2D eigenvalue weighted by Gasteiger charge is -2.35. The molecule has 0 bridgehead atoms. The van der Waals surface area contributed by atoms with Gasteiger partial charge >= 0.3 is 17.8 Å². The average Bonchev–Trinajstić information content (AvgIpc) is 3.37. The number of carbonyl (C=O) groups is 3. The molecule has 0 aromatic heterocycles. The molecule has 1 aliphatic carbocycles. The highest BCUT2D eigenvalue weighted by molar-refractivity contribution is 7.89. The van der Waals surface area contributed by atoms with Gasteiger partial charge in [0.15, 0.2) is 0 Å². The van der Waals surface area contributed by atoms with Crippen molar-refractivity contribution in [2.45, 2.75) is 36.6 Å². The Morgan fingerprint density at radius 1 is 0.938 bits per heavy atom. The highest BCUT2D eigenvalue weighted by atomic mass is 32.2. The fourth-order valence-corrected chi connectivity index (χ4v) is 5.75. The maximum atomic E-state index is 12.8. The summed E-state index contributed by atoms with van der Waals surface area (Å²) in [5.74, 6) is -1.64. The fourth-order valence-electron chi connectivity index (χ4n) is 4.33. The Morgan fingerprint density at radius 2 is 1.53 bits per heavy atom. The van der Waals surface area contributed by atoms with E-state index in [1.165, 1.54) is 16.4 Å². The van der Waals surface area contributed by atoms with E-state index in [0.29, 0.717) is 12.8 Å². The van der Waals surface area contributed by atoms with Gasteiger partial charge in [0.25, 0.3) is 5.69 Å².